The lowest BCUT2D eigenvalue weighted by Crippen LogP contribution is -2.34. The van der Waals surface area contributed by atoms with Gasteiger partial charge in [0.05, 0.1) is 17.9 Å². The number of Topliss-reactive ketones (excluding diaryl/α,β-unsaturated/α-hetero) is 1. The molecule has 2 fully saturated rings. The molecule has 0 saturated carbocycles. The number of hydrogen-bond donors (Lipinski definition) is 0. The highest BCUT2D eigenvalue weighted by molar-refractivity contribution is 7.98. The smallest absolute Gasteiger partial charge is 0.414 e. The van der Waals surface area contributed by atoms with E-state index in [4.69, 9.17) is 4.74 Å². The molecule has 2 aromatic carbocycles. The Kier molecular flexibility index (Phi) is 5.94. The predicted octanol–water partition coefficient (Wildman–Crippen LogP) is 4.49. The van der Waals surface area contributed by atoms with Crippen LogP contribution in [0.4, 0.5) is 25.0 Å². The van der Waals surface area contributed by atoms with Gasteiger partial charge in [-0.3, -0.25) is 9.69 Å². The maximum absolute atomic E-state index is 14.8. The normalized spacial score (nSPS) is 19.4. The van der Waals surface area contributed by atoms with Gasteiger partial charge in [0, 0.05) is 37.2 Å². The molecule has 8 heteroatoms. The molecule has 0 N–H and O–H groups in total. The van der Waals surface area contributed by atoms with Gasteiger partial charge in [-0.2, -0.15) is 11.8 Å². The van der Waals surface area contributed by atoms with Crippen LogP contribution in [0.3, 0.4) is 0 Å². The third-order valence-corrected chi connectivity index (χ3v) is 6.12. The second-order valence-corrected chi connectivity index (χ2v) is 8.34. The first kappa shape index (κ1) is 20.7. The second kappa shape index (κ2) is 8.63. The first-order chi connectivity index (χ1) is 14.5. The van der Waals surface area contributed by atoms with E-state index in [1.807, 2.05) is 11.2 Å². The molecule has 0 bridgehead atoms. The minimum Gasteiger partial charge on any atom is -0.443 e. The minimum absolute atomic E-state index is 0.187. The van der Waals surface area contributed by atoms with E-state index >= 15 is 0 Å². The molecule has 0 spiro atoms. The molecule has 2 heterocycles. The van der Waals surface area contributed by atoms with Gasteiger partial charge in [-0.1, -0.05) is 6.07 Å². The van der Waals surface area contributed by atoms with Crippen molar-refractivity contribution in [2.24, 2.45) is 0 Å². The summed E-state index contributed by atoms with van der Waals surface area (Å²) in [5.74, 6) is -0.121. The topological polar surface area (TPSA) is 49.9 Å². The average Bonchev–Trinajstić information content (AvgIpc) is 3.09. The van der Waals surface area contributed by atoms with Crippen molar-refractivity contribution in [3.8, 4) is 11.1 Å². The van der Waals surface area contributed by atoms with Crippen molar-refractivity contribution in [3.05, 3.63) is 48.0 Å². The van der Waals surface area contributed by atoms with Crippen molar-refractivity contribution in [3.63, 3.8) is 0 Å². The summed E-state index contributed by atoms with van der Waals surface area (Å²) in [6.45, 7) is 1.35. The maximum Gasteiger partial charge on any atom is 0.414 e. The fourth-order valence-corrected chi connectivity index (χ4v) is 4.38. The van der Waals surface area contributed by atoms with E-state index in [1.165, 1.54) is 17.0 Å². The number of carbonyl (C=O) groups is 2. The summed E-state index contributed by atoms with van der Waals surface area (Å²) in [5, 5.41) is 0. The molecule has 2 aliphatic rings. The fraction of sp³-hybridized carbons (Fsp3) is 0.364. The summed E-state index contributed by atoms with van der Waals surface area (Å²) >= 11 is 1.58. The molecule has 0 radical (unpaired) electrons. The Hall–Kier alpha value is -2.61. The average molecular weight is 432 g/mol. The van der Waals surface area contributed by atoms with Crippen molar-refractivity contribution in [2.45, 2.75) is 18.9 Å². The standard InChI is InChI=1S/C22H22F2N2O3S/c1-30-13-17-12-26(22(28)29-17)15-3-4-18(19(23)11-15)14-2-5-21(20(24)10-14)25-8-6-16(27)7-9-25/h2-5,10-11,17H,6-9,12-13H2,1H3. The molecular weight excluding hydrogens is 410 g/mol. The molecule has 0 aliphatic carbocycles. The number of ether oxygens (including phenoxy) is 1. The van der Waals surface area contributed by atoms with E-state index in [-0.39, 0.29) is 17.5 Å². The fourth-order valence-electron chi connectivity index (χ4n) is 3.84. The van der Waals surface area contributed by atoms with E-state index in [0.29, 0.717) is 55.2 Å². The largest absolute Gasteiger partial charge is 0.443 e. The number of piperidine rings is 1. The van der Waals surface area contributed by atoms with Crippen molar-refractivity contribution in [2.75, 3.05) is 41.4 Å². The van der Waals surface area contributed by atoms with Gasteiger partial charge in [0.2, 0.25) is 0 Å². The number of ketones is 1. The van der Waals surface area contributed by atoms with Crippen LogP contribution in [0.15, 0.2) is 36.4 Å². The number of anilines is 2. The number of benzene rings is 2. The SMILES string of the molecule is CSCC1CN(c2ccc(-c3ccc(N4CCC(=O)CC4)c(F)c3)c(F)c2)C(=O)O1. The summed E-state index contributed by atoms with van der Waals surface area (Å²) < 4.78 is 34.8. The molecule has 1 amide bonds. The van der Waals surface area contributed by atoms with Crippen LogP contribution in [-0.2, 0) is 9.53 Å². The van der Waals surface area contributed by atoms with E-state index < -0.39 is 17.7 Å². The van der Waals surface area contributed by atoms with Gasteiger partial charge in [-0.15, -0.1) is 0 Å². The lowest BCUT2D eigenvalue weighted by atomic mass is 10.0. The zero-order valence-electron chi connectivity index (χ0n) is 16.6. The van der Waals surface area contributed by atoms with Crippen LogP contribution >= 0.6 is 11.8 Å². The zero-order chi connectivity index (χ0) is 21.3. The highest BCUT2D eigenvalue weighted by atomic mass is 32.2. The van der Waals surface area contributed by atoms with Crippen LogP contribution in [0, 0.1) is 11.6 Å². The van der Waals surface area contributed by atoms with Gasteiger partial charge >= 0.3 is 6.09 Å². The first-order valence-corrected chi connectivity index (χ1v) is 11.2. The number of cyclic esters (lactones) is 1. The maximum atomic E-state index is 14.8. The van der Waals surface area contributed by atoms with Crippen molar-refractivity contribution < 1.29 is 23.1 Å². The zero-order valence-corrected chi connectivity index (χ0v) is 17.4. The Morgan fingerprint density at radius 3 is 2.50 bits per heavy atom. The number of hydrogen-bond acceptors (Lipinski definition) is 5. The summed E-state index contributed by atoms with van der Waals surface area (Å²) in [5.41, 5.74) is 1.51. The van der Waals surface area contributed by atoms with Crippen LogP contribution in [0.1, 0.15) is 12.8 Å². The Balaban J connectivity index is 1.54. The molecule has 1 atom stereocenters. The highest BCUT2D eigenvalue weighted by Gasteiger charge is 2.32. The van der Waals surface area contributed by atoms with Crippen LogP contribution in [0.25, 0.3) is 11.1 Å². The Morgan fingerprint density at radius 2 is 1.83 bits per heavy atom. The predicted molar refractivity (Wildman–Crippen MR) is 114 cm³/mol. The number of amides is 1. The van der Waals surface area contributed by atoms with Gasteiger partial charge in [0.1, 0.15) is 23.5 Å². The van der Waals surface area contributed by atoms with Crippen molar-refractivity contribution in [1.29, 1.82) is 0 Å². The van der Waals surface area contributed by atoms with Crippen LogP contribution < -0.4 is 9.80 Å². The number of thioether (sulfide) groups is 1. The van der Waals surface area contributed by atoms with Crippen LogP contribution in [0.2, 0.25) is 0 Å². The second-order valence-electron chi connectivity index (χ2n) is 7.43. The number of carbonyl (C=O) groups excluding carboxylic acids is 2. The third kappa shape index (κ3) is 4.14. The molecule has 0 aromatic heterocycles. The lowest BCUT2D eigenvalue weighted by Gasteiger charge is -2.28. The molecule has 30 heavy (non-hydrogen) atoms. The van der Waals surface area contributed by atoms with Gasteiger partial charge in [0.15, 0.2) is 0 Å². The molecule has 2 saturated heterocycles. The summed E-state index contributed by atoms with van der Waals surface area (Å²) in [6.07, 6.45) is 2.04. The third-order valence-electron chi connectivity index (χ3n) is 5.41. The molecule has 158 valence electrons. The minimum atomic E-state index is -0.538. The molecular formula is C22H22F2N2O3S. The van der Waals surface area contributed by atoms with E-state index in [1.54, 1.807) is 36.0 Å². The molecule has 1 unspecified atom stereocenters. The molecule has 4 rings (SSSR count). The van der Waals surface area contributed by atoms with Crippen LogP contribution in [-0.4, -0.2) is 49.6 Å². The lowest BCUT2D eigenvalue weighted by molar-refractivity contribution is -0.119. The summed E-state index contributed by atoms with van der Waals surface area (Å²) in [7, 11) is 0. The van der Waals surface area contributed by atoms with E-state index in [9.17, 15) is 18.4 Å². The van der Waals surface area contributed by atoms with Gasteiger partial charge in [0.25, 0.3) is 0 Å². The van der Waals surface area contributed by atoms with E-state index in [2.05, 4.69) is 0 Å². The monoisotopic (exact) mass is 432 g/mol. The van der Waals surface area contributed by atoms with Crippen molar-refractivity contribution >= 4 is 35.0 Å². The van der Waals surface area contributed by atoms with E-state index in [0.717, 1.165) is 0 Å². The highest BCUT2D eigenvalue weighted by Crippen LogP contribution is 2.32. The Bertz CT molecular complexity index is 975. The van der Waals surface area contributed by atoms with Gasteiger partial charge in [-0.25, -0.2) is 13.6 Å². The Morgan fingerprint density at radius 1 is 1.07 bits per heavy atom. The first-order valence-electron chi connectivity index (χ1n) is 9.79. The molecule has 2 aliphatic heterocycles. The van der Waals surface area contributed by atoms with Gasteiger partial charge < -0.3 is 9.64 Å². The quantitative estimate of drug-likeness (QED) is 0.697. The summed E-state index contributed by atoms with van der Waals surface area (Å²) in [6, 6.07) is 9.07. The summed E-state index contributed by atoms with van der Waals surface area (Å²) in [4.78, 5) is 26.7. The molecule has 5 nitrogen and oxygen atoms in total. The Labute approximate surface area is 178 Å². The number of rotatable bonds is 5. The van der Waals surface area contributed by atoms with Gasteiger partial charge in [-0.05, 0) is 42.2 Å². The number of halogens is 2. The van der Waals surface area contributed by atoms with Crippen LogP contribution in [0.5, 0.6) is 0 Å². The molecule has 2 aromatic rings. The number of nitrogens with zero attached hydrogens (tertiary/aromatic N) is 2. The van der Waals surface area contributed by atoms with Crippen molar-refractivity contribution in [1.82, 2.24) is 0 Å².